The summed E-state index contributed by atoms with van der Waals surface area (Å²) >= 11 is 0. The lowest BCUT2D eigenvalue weighted by Gasteiger charge is -2.45. The van der Waals surface area contributed by atoms with Gasteiger partial charge in [0, 0.05) is 24.3 Å². The van der Waals surface area contributed by atoms with E-state index >= 15 is 0 Å². The average Bonchev–Trinajstić information content (AvgIpc) is 3.23. The van der Waals surface area contributed by atoms with E-state index in [1.165, 1.54) is 5.56 Å². The van der Waals surface area contributed by atoms with Crippen LogP contribution in [0, 0.1) is 6.92 Å². The lowest BCUT2D eigenvalue weighted by Crippen LogP contribution is -2.54. The SMILES string of the molecule is Cc1cc2c(cc1/C=C1\C(=O)NC(=O)N(c3ccc4c(c3)OCO4)C1=O)C(C)CC(C)(C)N2C. The van der Waals surface area contributed by atoms with Gasteiger partial charge in [0.25, 0.3) is 11.8 Å². The second-order valence-electron chi connectivity index (χ2n) is 9.74. The number of carbonyl (C=O) groups is 3. The number of nitrogens with zero attached hydrogens (tertiary/aromatic N) is 2. The molecule has 2 aromatic carbocycles. The number of fused-ring (bicyclic) bond motifs is 2. The number of rotatable bonds is 2. The highest BCUT2D eigenvalue weighted by Gasteiger charge is 2.38. The van der Waals surface area contributed by atoms with Gasteiger partial charge in [-0.1, -0.05) is 6.92 Å². The summed E-state index contributed by atoms with van der Waals surface area (Å²) in [6, 6.07) is 8.12. The molecule has 0 aromatic heterocycles. The topological polar surface area (TPSA) is 88.2 Å². The van der Waals surface area contributed by atoms with Crippen LogP contribution < -0.4 is 24.6 Å². The standard InChI is InChI=1S/C26H27N3O5/c1-14-8-20-18(15(2)12-26(3,4)28(20)5)9-16(14)10-19-23(30)27-25(32)29(24(19)31)17-6-7-21-22(11-17)34-13-33-21/h6-11,15H,12-13H2,1-5H3,(H,27,30,32)/b19-10+. The Balaban J connectivity index is 1.54. The molecule has 3 aliphatic rings. The van der Waals surface area contributed by atoms with Crippen LogP contribution in [0.25, 0.3) is 6.08 Å². The molecule has 1 N–H and O–H groups in total. The maximum absolute atomic E-state index is 13.3. The van der Waals surface area contributed by atoms with Gasteiger partial charge in [-0.3, -0.25) is 14.9 Å². The molecule has 2 aromatic rings. The zero-order valence-corrected chi connectivity index (χ0v) is 19.9. The lowest BCUT2D eigenvalue weighted by atomic mass is 9.79. The molecule has 1 unspecified atom stereocenters. The zero-order chi connectivity index (χ0) is 24.4. The van der Waals surface area contributed by atoms with Crippen LogP contribution >= 0.6 is 0 Å². The Hall–Kier alpha value is -3.81. The molecule has 34 heavy (non-hydrogen) atoms. The molecule has 3 aliphatic heterocycles. The van der Waals surface area contributed by atoms with E-state index in [9.17, 15) is 14.4 Å². The van der Waals surface area contributed by atoms with Crippen molar-refractivity contribution in [1.29, 1.82) is 0 Å². The summed E-state index contributed by atoms with van der Waals surface area (Å²) in [5, 5.41) is 2.28. The highest BCUT2D eigenvalue weighted by molar-refractivity contribution is 6.39. The van der Waals surface area contributed by atoms with Crippen molar-refractivity contribution in [3.63, 3.8) is 0 Å². The summed E-state index contributed by atoms with van der Waals surface area (Å²) < 4.78 is 10.7. The van der Waals surface area contributed by atoms with Crippen molar-refractivity contribution in [1.82, 2.24) is 5.32 Å². The van der Waals surface area contributed by atoms with E-state index in [0.29, 0.717) is 23.1 Å². The fourth-order valence-electron chi connectivity index (χ4n) is 4.96. The first kappa shape index (κ1) is 22.0. The molecule has 0 aliphatic carbocycles. The van der Waals surface area contributed by atoms with Crippen LogP contribution in [0.2, 0.25) is 0 Å². The largest absolute Gasteiger partial charge is 0.454 e. The van der Waals surface area contributed by atoms with Gasteiger partial charge in [0.2, 0.25) is 6.79 Å². The van der Waals surface area contributed by atoms with E-state index in [1.54, 1.807) is 24.3 Å². The van der Waals surface area contributed by atoms with E-state index in [1.807, 2.05) is 6.92 Å². The van der Waals surface area contributed by atoms with Crippen LogP contribution in [0.1, 0.15) is 49.8 Å². The van der Waals surface area contributed by atoms with E-state index in [4.69, 9.17) is 9.47 Å². The molecule has 4 amide bonds. The fourth-order valence-corrected chi connectivity index (χ4v) is 4.96. The maximum atomic E-state index is 13.3. The normalized spacial score (nSPS) is 22.2. The van der Waals surface area contributed by atoms with Crippen LogP contribution in [0.15, 0.2) is 35.9 Å². The number of carbonyl (C=O) groups excluding carboxylic acids is 3. The summed E-state index contributed by atoms with van der Waals surface area (Å²) in [7, 11) is 2.09. The number of amides is 4. The van der Waals surface area contributed by atoms with Crippen LogP contribution in [0.5, 0.6) is 11.5 Å². The number of ether oxygens (including phenoxy) is 2. The molecule has 0 spiro atoms. The summed E-state index contributed by atoms with van der Waals surface area (Å²) in [6.45, 7) is 8.68. The average molecular weight is 462 g/mol. The molecule has 1 atom stereocenters. The molecule has 1 fully saturated rings. The Bertz CT molecular complexity index is 1280. The number of aryl methyl sites for hydroxylation is 1. The number of imide groups is 2. The van der Waals surface area contributed by atoms with E-state index < -0.39 is 17.8 Å². The van der Waals surface area contributed by atoms with Crippen molar-refractivity contribution in [3.8, 4) is 11.5 Å². The van der Waals surface area contributed by atoms with Gasteiger partial charge in [-0.2, -0.15) is 0 Å². The Kier molecular flexibility index (Phi) is 4.93. The number of anilines is 2. The first-order valence-corrected chi connectivity index (χ1v) is 11.3. The first-order valence-electron chi connectivity index (χ1n) is 11.3. The van der Waals surface area contributed by atoms with Crippen molar-refractivity contribution in [2.45, 2.75) is 45.6 Å². The van der Waals surface area contributed by atoms with Gasteiger partial charge in [-0.25, -0.2) is 9.69 Å². The molecule has 5 rings (SSSR count). The highest BCUT2D eigenvalue weighted by Crippen LogP contribution is 2.44. The minimum Gasteiger partial charge on any atom is -0.454 e. The molecule has 176 valence electrons. The molecule has 8 nitrogen and oxygen atoms in total. The molecule has 0 bridgehead atoms. The molecule has 3 heterocycles. The summed E-state index contributed by atoms with van der Waals surface area (Å²) in [4.78, 5) is 41.8. The van der Waals surface area contributed by atoms with Crippen molar-refractivity contribution in [2.75, 3.05) is 23.6 Å². The molecule has 8 heteroatoms. The number of hydrogen-bond acceptors (Lipinski definition) is 6. The lowest BCUT2D eigenvalue weighted by molar-refractivity contribution is -0.122. The molecule has 1 saturated heterocycles. The van der Waals surface area contributed by atoms with E-state index in [0.717, 1.165) is 28.1 Å². The monoisotopic (exact) mass is 461 g/mol. The summed E-state index contributed by atoms with van der Waals surface area (Å²) in [6.07, 6.45) is 2.56. The third-order valence-corrected chi connectivity index (χ3v) is 7.04. The van der Waals surface area contributed by atoms with Gasteiger partial charge in [-0.05, 0) is 80.1 Å². The van der Waals surface area contributed by atoms with Crippen LogP contribution in [-0.4, -0.2) is 37.2 Å². The van der Waals surface area contributed by atoms with Crippen molar-refractivity contribution in [2.24, 2.45) is 0 Å². The number of hydrogen-bond donors (Lipinski definition) is 1. The van der Waals surface area contributed by atoms with Crippen LogP contribution in [-0.2, 0) is 9.59 Å². The van der Waals surface area contributed by atoms with Gasteiger partial charge < -0.3 is 14.4 Å². The minimum absolute atomic E-state index is 0.0313. The third kappa shape index (κ3) is 3.41. The maximum Gasteiger partial charge on any atom is 0.335 e. The first-order chi connectivity index (χ1) is 16.1. The smallest absolute Gasteiger partial charge is 0.335 e. The second kappa shape index (κ2) is 7.62. The van der Waals surface area contributed by atoms with E-state index in [-0.39, 0.29) is 17.9 Å². The number of benzene rings is 2. The Labute approximate surface area is 198 Å². The second-order valence-corrected chi connectivity index (χ2v) is 9.74. The molecular weight excluding hydrogens is 434 g/mol. The predicted octanol–water partition coefficient (Wildman–Crippen LogP) is 4.11. The Morgan fingerprint density at radius 1 is 1.09 bits per heavy atom. The van der Waals surface area contributed by atoms with E-state index in [2.05, 4.69) is 50.2 Å². The molecule has 0 saturated carbocycles. The number of urea groups is 1. The van der Waals surface area contributed by atoms with Gasteiger partial charge >= 0.3 is 6.03 Å². The van der Waals surface area contributed by atoms with Gasteiger partial charge in [-0.15, -0.1) is 0 Å². The van der Waals surface area contributed by atoms with Gasteiger partial charge in [0.05, 0.1) is 5.69 Å². The van der Waals surface area contributed by atoms with Gasteiger partial charge in [0.1, 0.15) is 5.57 Å². The van der Waals surface area contributed by atoms with Crippen molar-refractivity contribution in [3.05, 3.63) is 52.6 Å². The minimum atomic E-state index is -0.800. The highest BCUT2D eigenvalue weighted by atomic mass is 16.7. The predicted molar refractivity (Wildman–Crippen MR) is 128 cm³/mol. The summed E-state index contributed by atoms with van der Waals surface area (Å²) in [5.41, 5.74) is 4.27. The van der Waals surface area contributed by atoms with Crippen molar-refractivity contribution < 1.29 is 23.9 Å². The molecular formula is C26H27N3O5. The molecule has 0 radical (unpaired) electrons. The van der Waals surface area contributed by atoms with Crippen molar-refractivity contribution >= 4 is 35.3 Å². The third-order valence-electron chi connectivity index (χ3n) is 7.04. The number of nitrogens with one attached hydrogen (secondary N) is 1. The quantitative estimate of drug-likeness (QED) is 0.535. The van der Waals surface area contributed by atoms with Crippen LogP contribution in [0.4, 0.5) is 16.2 Å². The summed E-state index contributed by atoms with van der Waals surface area (Å²) in [5.74, 6) is -0.104. The van der Waals surface area contributed by atoms with Crippen LogP contribution in [0.3, 0.4) is 0 Å². The Morgan fingerprint density at radius 2 is 1.82 bits per heavy atom. The Morgan fingerprint density at radius 3 is 2.59 bits per heavy atom. The fraction of sp³-hybridized carbons (Fsp3) is 0.346. The van der Waals surface area contributed by atoms with Gasteiger partial charge in [0.15, 0.2) is 11.5 Å². The zero-order valence-electron chi connectivity index (χ0n) is 19.9. The number of barbiturate groups is 1.